The standard InChI is InChI=1S/C24H24F4N2O6S/c1-37(33,34)30-19-12-16(6-11-20(19)31)21(32)13-29-22(14-2-7-17(8-3-14)35-23(25)26)15-4-9-18(10-5-15)36-24(27)28/h2-12,21-24,29-32H,13H2,1H3/t21-/m0/s1. The van der Waals surface area contributed by atoms with Crippen LogP contribution in [0.25, 0.3) is 0 Å². The second kappa shape index (κ2) is 12.1. The van der Waals surface area contributed by atoms with Crippen LogP contribution in [0.15, 0.2) is 66.7 Å². The minimum Gasteiger partial charge on any atom is -0.506 e. The molecular formula is C24H24F4N2O6S. The lowest BCUT2D eigenvalue weighted by Crippen LogP contribution is -2.27. The number of hydrogen-bond acceptors (Lipinski definition) is 7. The molecule has 37 heavy (non-hydrogen) atoms. The van der Waals surface area contributed by atoms with Crippen molar-refractivity contribution in [2.45, 2.75) is 25.4 Å². The summed E-state index contributed by atoms with van der Waals surface area (Å²) in [6.45, 7) is -6.06. The maximum atomic E-state index is 12.5. The predicted octanol–water partition coefficient (Wildman–Crippen LogP) is 4.38. The number of hydrogen-bond donors (Lipinski definition) is 4. The number of sulfonamides is 1. The zero-order valence-corrected chi connectivity index (χ0v) is 20.1. The van der Waals surface area contributed by atoms with Gasteiger partial charge in [0.15, 0.2) is 0 Å². The number of phenols is 1. The van der Waals surface area contributed by atoms with Crippen LogP contribution in [0.4, 0.5) is 23.2 Å². The summed E-state index contributed by atoms with van der Waals surface area (Å²) in [5.74, 6) is -0.453. The van der Waals surface area contributed by atoms with E-state index in [0.717, 1.165) is 6.26 Å². The molecule has 13 heteroatoms. The average molecular weight is 545 g/mol. The van der Waals surface area contributed by atoms with Crippen molar-refractivity contribution in [3.63, 3.8) is 0 Å². The number of anilines is 1. The first-order valence-corrected chi connectivity index (χ1v) is 12.6. The van der Waals surface area contributed by atoms with Crippen LogP contribution >= 0.6 is 0 Å². The number of aliphatic hydroxyl groups excluding tert-OH is 1. The van der Waals surface area contributed by atoms with Crippen LogP contribution in [0.5, 0.6) is 17.2 Å². The van der Waals surface area contributed by atoms with Crippen LogP contribution in [-0.2, 0) is 10.0 Å². The molecule has 3 rings (SSSR count). The van der Waals surface area contributed by atoms with Crippen LogP contribution in [0.2, 0.25) is 0 Å². The number of phenolic OH excluding ortho intramolecular Hbond substituents is 1. The molecular weight excluding hydrogens is 520 g/mol. The quantitative estimate of drug-likeness (QED) is 0.198. The third-order valence-electron chi connectivity index (χ3n) is 5.09. The molecule has 0 aliphatic carbocycles. The van der Waals surface area contributed by atoms with Gasteiger partial charge < -0.3 is 25.0 Å². The Morgan fingerprint density at radius 1 is 0.811 bits per heavy atom. The zero-order valence-electron chi connectivity index (χ0n) is 19.3. The molecule has 0 fully saturated rings. The van der Waals surface area contributed by atoms with Gasteiger partial charge in [0.25, 0.3) is 0 Å². The second-order valence-electron chi connectivity index (χ2n) is 7.90. The van der Waals surface area contributed by atoms with E-state index in [9.17, 15) is 36.2 Å². The Morgan fingerprint density at radius 2 is 1.27 bits per heavy atom. The van der Waals surface area contributed by atoms with Gasteiger partial charge in [0.05, 0.1) is 24.1 Å². The molecule has 0 amide bonds. The summed E-state index contributed by atoms with van der Waals surface area (Å²) in [7, 11) is -3.68. The normalized spacial score (nSPS) is 12.7. The number of nitrogens with one attached hydrogen (secondary N) is 2. The first-order valence-electron chi connectivity index (χ1n) is 10.7. The number of halogens is 4. The van der Waals surface area contributed by atoms with Gasteiger partial charge in [-0.05, 0) is 53.1 Å². The summed E-state index contributed by atoms with van der Waals surface area (Å²) in [6.07, 6.45) is -0.247. The summed E-state index contributed by atoms with van der Waals surface area (Å²) in [5, 5.41) is 23.8. The molecule has 8 nitrogen and oxygen atoms in total. The number of rotatable bonds is 12. The second-order valence-corrected chi connectivity index (χ2v) is 9.65. The van der Waals surface area contributed by atoms with Gasteiger partial charge in [0, 0.05) is 6.54 Å². The fourth-order valence-electron chi connectivity index (χ4n) is 3.50. The predicted molar refractivity (Wildman–Crippen MR) is 128 cm³/mol. The van der Waals surface area contributed by atoms with E-state index in [0.29, 0.717) is 11.1 Å². The Hall–Kier alpha value is -3.55. The Balaban J connectivity index is 1.84. The topological polar surface area (TPSA) is 117 Å². The van der Waals surface area contributed by atoms with Crippen LogP contribution in [0.3, 0.4) is 0 Å². The minimum absolute atomic E-state index is 0.0618. The Kier molecular flexibility index (Phi) is 9.18. The highest BCUT2D eigenvalue weighted by atomic mass is 32.2. The molecule has 0 unspecified atom stereocenters. The molecule has 0 spiro atoms. The van der Waals surface area contributed by atoms with Crippen molar-refractivity contribution in [1.29, 1.82) is 0 Å². The van der Waals surface area contributed by atoms with Gasteiger partial charge in [-0.1, -0.05) is 30.3 Å². The van der Waals surface area contributed by atoms with E-state index < -0.39 is 35.4 Å². The lowest BCUT2D eigenvalue weighted by Gasteiger charge is -2.23. The summed E-state index contributed by atoms with van der Waals surface area (Å²) in [6, 6.07) is 14.8. The first-order chi connectivity index (χ1) is 17.4. The summed E-state index contributed by atoms with van der Waals surface area (Å²) in [5.41, 5.74) is 1.35. The molecule has 0 heterocycles. The molecule has 0 aliphatic rings. The fraction of sp³-hybridized carbons (Fsp3) is 0.250. The van der Waals surface area contributed by atoms with Gasteiger partial charge in [-0.3, -0.25) is 4.72 Å². The molecule has 3 aromatic rings. The van der Waals surface area contributed by atoms with E-state index in [2.05, 4.69) is 19.5 Å². The van der Waals surface area contributed by atoms with Gasteiger partial charge in [0.2, 0.25) is 10.0 Å². The van der Waals surface area contributed by atoms with Crippen molar-refractivity contribution >= 4 is 15.7 Å². The number of benzene rings is 3. The van der Waals surface area contributed by atoms with Crippen molar-refractivity contribution in [3.05, 3.63) is 83.4 Å². The first kappa shape index (κ1) is 28.0. The molecule has 0 saturated heterocycles. The monoisotopic (exact) mass is 544 g/mol. The Bertz CT molecular complexity index is 1220. The maximum absolute atomic E-state index is 12.5. The molecule has 200 valence electrons. The van der Waals surface area contributed by atoms with Crippen LogP contribution < -0.4 is 19.5 Å². The SMILES string of the molecule is CS(=O)(=O)Nc1cc([C@@H](O)CNC(c2ccc(OC(F)F)cc2)c2ccc(OC(F)F)cc2)ccc1O. The molecule has 0 aliphatic heterocycles. The van der Waals surface area contributed by atoms with E-state index in [4.69, 9.17) is 0 Å². The van der Waals surface area contributed by atoms with Crippen molar-refractivity contribution in [3.8, 4) is 17.2 Å². The third-order valence-corrected chi connectivity index (χ3v) is 5.68. The largest absolute Gasteiger partial charge is 0.506 e. The van der Waals surface area contributed by atoms with E-state index in [1.807, 2.05) is 0 Å². The lowest BCUT2D eigenvalue weighted by atomic mass is 9.97. The number of alkyl halides is 4. The van der Waals surface area contributed by atoms with Crippen molar-refractivity contribution in [1.82, 2.24) is 5.32 Å². The van der Waals surface area contributed by atoms with Crippen molar-refractivity contribution < 1.29 is 45.7 Å². The molecule has 0 bridgehead atoms. The smallest absolute Gasteiger partial charge is 0.387 e. The highest BCUT2D eigenvalue weighted by Gasteiger charge is 2.19. The highest BCUT2D eigenvalue weighted by molar-refractivity contribution is 7.92. The van der Waals surface area contributed by atoms with Gasteiger partial charge in [-0.15, -0.1) is 0 Å². The molecule has 0 radical (unpaired) electrons. The van der Waals surface area contributed by atoms with Gasteiger partial charge in [-0.25, -0.2) is 8.42 Å². The van der Waals surface area contributed by atoms with E-state index in [-0.39, 0.29) is 35.0 Å². The minimum atomic E-state index is -3.68. The molecule has 0 aromatic heterocycles. The van der Waals surface area contributed by atoms with E-state index >= 15 is 0 Å². The van der Waals surface area contributed by atoms with Crippen molar-refractivity contribution in [2.24, 2.45) is 0 Å². The number of aromatic hydroxyl groups is 1. The van der Waals surface area contributed by atoms with E-state index in [1.54, 1.807) is 0 Å². The van der Waals surface area contributed by atoms with Crippen molar-refractivity contribution in [2.75, 3.05) is 17.5 Å². The van der Waals surface area contributed by atoms with Gasteiger partial charge in [-0.2, -0.15) is 17.6 Å². The molecule has 3 aromatic carbocycles. The van der Waals surface area contributed by atoms with Crippen LogP contribution in [-0.4, -0.2) is 44.7 Å². The summed E-state index contributed by atoms with van der Waals surface area (Å²) < 4.78 is 84.0. The number of aliphatic hydroxyl groups is 1. The van der Waals surface area contributed by atoms with Gasteiger partial charge >= 0.3 is 13.2 Å². The summed E-state index contributed by atoms with van der Waals surface area (Å²) >= 11 is 0. The lowest BCUT2D eigenvalue weighted by molar-refractivity contribution is -0.0505. The molecule has 1 atom stereocenters. The highest BCUT2D eigenvalue weighted by Crippen LogP contribution is 2.30. The summed E-state index contributed by atoms with van der Waals surface area (Å²) in [4.78, 5) is 0. The van der Waals surface area contributed by atoms with Crippen LogP contribution in [0.1, 0.15) is 28.8 Å². The fourth-order valence-corrected chi connectivity index (χ4v) is 4.06. The third kappa shape index (κ3) is 8.51. The molecule has 4 N–H and O–H groups in total. The van der Waals surface area contributed by atoms with E-state index in [1.165, 1.54) is 66.7 Å². The number of ether oxygens (including phenoxy) is 2. The maximum Gasteiger partial charge on any atom is 0.387 e. The Morgan fingerprint density at radius 3 is 1.70 bits per heavy atom. The van der Waals surface area contributed by atoms with Crippen LogP contribution in [0, 0.1) is 0 Å². The molecule has 0 saturated carbocycles. The average Bonchev–Trinajstić information content (AvgIpc) is 2.81. The van der Waals surface area contributed by atoms with Gasteiger partial charge in [0.1, 0.15) is 17.2 Å². The Labute approximate surface area is 210 Å². The zero-order chi connectivity index (χ0) is 27.2.